The summed E-state index contributed by atoms with van der Waals surface area (Å²) in [5.41, 5.74) is 0.325. The van der Waals surface area contributed by atoms with E-state index in [9.17, 15) is 5.11 Å². The van der Waals surface area contributed by atoms with Crippen LogP contribution in [0.25, 0.3) is 0 Å². The SMILES string of the molecule is CC(CCC(O)O[Si](C)C)C(C)(C)C. The maximum absolute atomic E-state index is 9.54. The molecular formula is C11H25O2Si. The molecule has 0 aliphatic heterocycles. The highest BCUT2D eigenvalue weighted by Gasteiger charge is 2.20. The first-order valence-corrected chi connectivity index (χ1v) is 7.79. The third-order valence-corrected chi connectivity index (χ3v) is 3.44. The molecule has 0 amide bonds. The first-order chi connectivity index (χ1) is 6.23. The van der Waals surface area contributed by atoms with Gasteiger partial charge in [-0.25, -0.2) is 0 Å². The molecule has 85 valence electrons. The fraction of sp³-hybridized carbons (Fsp3) is 1.00. The molecule has 1 radical (unpaired) electrons. The summed E-state index contributed by atoms with van der Waals surface area (Å²) in [5, 5.41) is 9.54. The quantitative estimate of drug-likeness (QED) is 0.566. The Morgan fingerprint density at radius 3 is 2.07 bits per heavy atom. The van der Waals surface area contributed by atoms with Gasteiger partial charge in [-0.2, -0.15) is 0 Å². The van der Waals surface area contributed by atoms with Gasteiger partial charge in [0.15, 0.2) is 0 Å². The van der Waals surface area contributed by atoms with E-state index in [1.807, 2.05) is 13.1 Å². The largest absolute Gasteiger partial charge is 0.393 e. The highest BCUT2D eigenvalue weighted by molar-refractivity contribution is 6.48. The minimum atomic E-state index is -0.766. The van der Waals surface area contributed by atoms with Crippen molar-refractivity contribution in [2.45, 2.75) is 59.9 Å². The third-order valence-electron chi connectivity index (χ3n) is 2.70. The molecule has 1 N–H and O–H groups in total. The highest BCUT2D eigenvalue weighted by Crippen LogP contribution is 2.29. The highest BCUT2D eigenvalue weighted by atomic mass is 28.3. The molecule has 0 heterocycles. The number of aliphatic hydroxyl groups excluding tert-OH is 1. The lowest BCUT2D eigenvalue weighted by molar-refractivity contribution is -0.0312. The summed E-state index contributed by atoms with van der Waals surface area (Å²) in [6.07, 6.45) is 1.23. The lowest BCUT2D eigenvalue weighted by Crippen LogP contribution is -2.23. The van der Waals surface area contributed by atoms with Crippen LogP contribution in [0.1, 0.15) is 40.5 Å². The van der Waals surface area contributed by atoms with Gasteiger partial charge >= 0.3 is 0 Å². The zero-order chi connectivity index (χ0) is 11.4. The van der Waals surface area contributed by atoms with Gasteiger partial charge in [0.1, 0.15) is 6.29 Å². The Morgan fingerprint density at radius 1 is 1.21 bits per heavy atom. The van der Waals surface area contributed by atoms with E-state index in [-0.39, 0.29) is 0 Å². The maximum Gasteiger partial charge on any atom is 0.208 e. The molecule has 14 heavy (non-hydrogen) atoms. The van der Waals surface area contributed by atoms with Crippen molar-refractivity contribution >= 4 is 9.04 Å². The van der Waals surface area contributed by atoms with Crippen molar-refractivity contribution in [2.24, 2.45) is 11.3 Å². The molecule has 0 fully saturated rings. The Morgan fingerprint density at radius 2 is 1.71 bits per heavy atom. The number of hydrogen-bond acceptors (Lipinski definition) is 2. The third kappa shape index (κ3) is 6.57. The molecule has 2 unspecified atom stereocenters. The van der Waals surface area contributed by atoms with E-state index in [0.717, 1.165) is 12.8 Å². The van der Waals surface area contributed by atoms with E-state index in [1.165, 1.54) is 0 Å². The lowest BCUT2D eigenvalue weighted by Gasteiger charge is -2.28. The van der Waals surface area contributed by atoms with Crippen LogP contribution in [0.5, 0.6) is 0 Å². The van der Waals surface area contributed by atoms with Crippen LogP contribution >= 0.6 is 0 Å². The summed E-state index contributed by atoms with van der Waals surface area (Å²) in [5.74, 6) is 0.616. The number of hydrogen-bond donors (Lipinski definition) is 1. The van der Waals surface area contributed by atoms with Crippen molar-refractivity contribution in [3.8, 4) is 0 Å². The van der Waals surface area contributed by atoms with E-state index in [2.05, 4.69) is 27.7 Å². The summed E-state index contributed by atoms with van der Waals surface area (Å²) in [6.45, 7) is 13.0. The van der Waals surface area contributed by atoms with Gasteiger partial charge < -0.3 is 9.53 Å². The van der Waals surface area contributed by atoms with Gasteiger partial charge in [-0.05, 0) is 37.3 Å². The molecule has 0 aliphatic rings. The Hall–Kier alpha value is 0.137. The van der Waals surface area contributed by atoms with Gasteiger partial charge in [0.25, 0.3) is 0 Å². The molecule has 2 atom stereocenters. The van der Waals surface area contributed by atoms with Gasteiger partial charge in [-0.3, -0.25) is 0 Å². The average molecular weight is 217 g/mol. The van der Waals surface area contributed by atoms with Crippen LogP contribution in [0, 0.1) is 11.3 Å². The lowest BCUT2D eigenvalue weighted by atomic mass is 9.79. The van der Waals surface area contributed by atoms with Gasteiger partial charge in [0.05, 0.1) is 0 Å². The summed E-state index contributed by atoms with van der Waals surface area (Å²) >= 11 is 0. The Balaban J connectivity index is 3.72. The van der Waals surface area contributed by atoms with Crippen molar-refractivity contribution in [1.29, 1.82) is 0 Å². The summed E-state index contributed by atoms with van der Waals surface area (Å²) in [6, 6.07) is 0. The number of aliphatic hydroxyl groups is 1. The van der Waals surface area contributed by atoms with Gasteiger partial charge in [-0.1, -0.05) is 27.7 Å². The molecule has 0 aromatic rings. The van der Waals surface area contributed by atoms with Crippen LogP contribution in [0.2, 0.25) is 13.1 Å². The molecule has 0 aromatic carbocycles. The van der Waals surface area contributed by atoms with E-state index in [0.29, 0.717) is 11.3 Å². The predicted octanol–water partition coefficient (Wildman–Crippen LogP) is 3.03. The van der Waals surface area contributed by atoms with Crippen LogP contribution in [-0.2, 0) is 4.43 Å². The molecule has 0 spiro atoms. The summed E-state index contributed by atoms with van der Waals surface area (Å²) < 4.78 is 5.37. The van der Waals surface area contributed by atoms with Crippen molar-refractivity contribution in [2.75, 3.05) is 0 Å². The van der Waals surface area contributed by atoms with Crippen LogP contribution in [0.15, 0.2) is 0 Å². The average Bonchev–Trinajstić information content (AvgIpc) is 1.96. The Bertz CT molecular complexity index is 152. The standard InChI is InChI=1S/C11H25O2Si/c1-9(11(2,3)4)7-8-10(12)13-14(5)6/h9-10,12H,7-8H2,1-6H3. The van der Waals surface area contributed by atoms with E-state index < -0.39 is 15.3 Å². The van der Waals surface area contributed by atoms with Crippen molar-refractivity contribution in [3.63, 3.8) is 0 Å². The van der Waals surface area contributed by atoms with Crippen LogP contribution in [-0.4, -0.2) is 20.4 Å². The first-order valence-electron chi connectivity index (χ1n) is 5.38. The minimum absolute atomic E-state index is 0.325. The van der Waals surface area contributed by atoms with E-state index >= 15 is 0 Å². The van der Waals surface area contributed by atoms with Gasteiger partial charge in [0.2, 0.25) is 9.04 Å². The van der Waals surface area contributed by atoms with Crippen molar-refractivity contribution in [1.82, 2.24) is 0 Å². The molecule has 2 nitrogen and oxygen atoms in total. The van der Waals surface area contributed by atoms with E-state index in [1.54, 1.807) is 0 Å². The van der Waals surface area contributed by atoms with Crippen LogP contribution in [0.3, 0.4) is 0 Å². The van der Waals surface area contributed by atoms with Crippen LogP contribution < -0.4 is 0 Å². The number of rotatable bonds is 5. The molecular weight excluding hydrogens is 192 g/mol. The smallest absolute Gasteiger partial charge is 0.208 e. The first kappa shape index (κ1) is 14.1. The zero-order valence-corrected chi connectivity index (χ0v) is 11.4. The second kappa shape index (κ2) is 5.88. The molecule has 0 saturated heterocycles. The maximum atomic E-state index is 9.54. The molecule has 3 heteroatoms. The minimum Gasteiger partial charge on any atom is -0.393 e. The van der Waals surface area contributed by atoms with Gasteiger partial charge in [-0.15, -0.1) is 0 Å². The molecule has 0 aromatic heterocycles. The Labute approximate surface area is 90.4 Å². The zero-order valence-electron chi connectivity index (χ0n) is 10.4. The molecule has 0 bridgehead atoms. The van der Waals surface area contributed by atoms with Crippen molar-refractivity contribution < 1.29 is 9.53 Å². The Kier molecular flexibility index (Phi) is 5.94. The molecule has 0 saturated carbocycles. The molecule has 0 rings (SSSR count). The fourth-order valence-electron chi connectivity index (χ4n) is 1.16. The second-order valence-electron chi connectivity index (χ2n) is 5.33. The second-order valence-corrected chi connectivity index (χ2v) is 7.38. The van der Waals surface area contributed by atoms with E-state index in [4.69, 9.17) is 4.43 Å². The topological polar surface area (TPSA) is 29.5 Å². The predicted molar refractivity (Wildman–Crippen MR) is 62.4 cm³/mol. The van der Waals surface area contributed by atoms with Crippen LogP contribution in [0.4, 0.5) is 0 Å². The normalized spacial score (nSPS) is 17.1. The van der Waals surface area contributed by atoms with Crippen molar-refractivity contribution in [3.05, 3.63) is 0 Å². The monoisotopic (exact) mass is 217 g/mol. The summed E-state index contributed by atoms with van der Waals surface area (Å²) in [7, 11) is -0.766. The molecule has 0 aliphatic carbocycles. The summed E-state index contributed by atoms with van der Waals surface area (Å²) in [4.78, 5) is 0. The fourth-order valence-corrected chi connectivity index (χ4v) is 1.82. The van der Waals surface area contributed by atoms with Gasteiger partial charge in [0, 0.05) is 0 Å².